The van der Waals surface area contributed by atoms with E-state index in [1.54, 1.807) is 17.0 Å². The number of rotatable bonds is 6. The molecule has 0 radical (unpaired) electrons. The van der Waals surface area contributed by atoms with Crippen LogP contribution in [0, 0.1) is 5.92 Å². The molecule has 2 atom stereocenters. The summed E-state index contributed by atoms with van der Waals surface area (Å²) in [6, 6.07) is 22.8. The summed E-state index contributed by atoms with van der Waals surface area (Å²) < 4.78 is 10.8. The smallest absolute Gasteiger partial charge is 0.231 e. The van der Waals surface area contributed by atoms with E-state index < -0.39 is 5.92 Å². The van der Waals surface area contributed by atoms with Gasteiger partial charge in [0, 0.05) is 24.7 Å². The molecule has 2 aliphatic heterocycles. The van der Waals surface area contributed by atoms with Crippen LogP contribution >= 0.6 is 0 Å². The molecule has 35 heavy (non-hydrogen) atoms. The second-order valence-electron chi connectivity index (χ2n) is 8.83. The Morgan fingerprint density at radius 1 is 1.06 bits per heavy atom. The van der Waals surface area contributed by atoms with Gasteiger partial charge in [-0.15, -0.1) is 0 Å². The number of hydrogen-bond acceptors (Lipinski definition) is 5. The Bertz CT molecular complexity index is 1370. The van der Waals surface area contributed by atoms with E-state index in [0.29, 0.717) is 36.0 Å². The first-order valence-corrected chi connectivity index (χ1v) is 11.6. The van der Waals surface area contributed by atoms with Crippen molar-refractivity contribution in [2.75, 3.05) is 18.2 Å². The predicted octanol–water partition coefficient (Wildman–Crippen LogP) is 3.74. The lowest BCUT2D eigenvalue weighted by atomic mass is 10.0. The maximum Gasteiger partial charge on any atom is 0.231 e. The van der Waals surface area contributed by atoms with Crippen molar-refractivity contribution in [3.63, 3.8) is 0 Å². The molecule has 0 bridgehead atoms. The third-order valence-electron chi connectivity index (χ3n) is 6.50. The summed E-state index contributed by atoms with van der Waals surface area (Å²) in [5, 5.41) is 3.16. The minimum Gasteiger partial charge on any atom is -0.454 e. The normalized spacial score (nSPS) is 17.7. The molecule has 2 N–H and O–H groups in total. The topological polar surface area (TPSA) is 96.5 Å². The van der Waals surface area contributed by atoms with Crippen LogP contribution in [0.4, 0.5) is 5.69 Å². The van der Waals surface area contributed by atoms with E-state index in [9.17, 15) is 9.59 Å². The van der Waals surface area contributed by atoms with Gasteiger partial charge in [-0.3, -0.25) is 9.59 Å². The molecule has 2 amide bonds. The molecule has 2 unspecified atom stereocenters. The summed E-state index contributed by atoms with van der Waals surface area (Å²) >= 11 is 0. The van der Waals surface area contributed by atoms with Crippen LogP contribution in [0.1, 0.15) is 23.9 Å². The number of fused-ring (bicyclic) bond motifs is 2. The minimum absolute atomic E-state index is 0.0904. The van der Waals surface area contributed by atoms with E-state index in [1.165, 1.54) is 0 Å². The van der Waals surface area contributed by atoms with Gasteiger partial charge in [0.05, 0.1) is 23.0 Å². The van der Waals surface area contributed by atoms with Crippen molar-refractivity contribution < 1.29 is 19.1 Å². The van der Waals surface area contributed by atoms with Gasteiger partial charge in [0.25, 0.3) is 0 Å². The molecule has 8 heteroatoms. The number of amides is 2. The van der Waals surface area contributed by atoms with Crippen molar-refractivity contribution in [1.82, 2.24) is 15.3 Å². The Labute approximate surface area is 201 Å². The van der Waals surface area contributed by atoms with Crippen molar-refractivity contribution in [3.8, 4) is 11.5 Å². The largest absolute Gasteiger partial charge is 0.454 e. The first kappa shape index (κ1) is 21.2. The monoisotopic (exact) mass is 468 g/mol. The molecule has 6 rings (SSSR count). The summed E-state index contributed by atoms with van der Waals surface area (Å²) in [6.07, 6.45) is 0.734. The summed E-state index contributed by atoms with van der Waals surface area (Å²) in [6.45, 7) is 0.477. The second-order valence-corrected chi connectivity index (χ2v) is 8.83. The lowest BCUT2D eigenvalue weighted by Crippen LogP contribution is -2.37. The standard InChI is InChI=1S/C27H24N4O4/c32-25-13-18(15-31(25)19-10-11-23-24(14-19)35-16-34-23)27(33)30-22(12-17-6-2-1-3-7-17)26-28-20-8-4-5-9-21(20)29-26/h1-11,14,18,22H,12-13,15-16H2,(H,28,29)(H,30,33). The van der Waals surface area contributed by atoms with Gasteiger partial charge in [0.2, 0.25) is 18.6 Å². The van der Waals surface area contributed by atoms with E-state index in [2.05, 4.69) is 10.3 Å². The Morgan fingerprint density at radius 2 is 1.86 bits per heavy atom. The van der Waals surface area contributed by atoms with E-state index in [1.807, 2.05) is 60.7 Å². The fourth-order valence-electron chi connectivity index (χ4n) is 4.68. The number of nitrogens with zero attached hydrogens (tertiary/aromatic N) is 2. The molecule has 3 heterocycles. The predicted molar refractivity (Wildman–Crippen MR) is 130 cm³/mol. The van der Waals surface area contributed by atoms with Gasteiger partial charge in [-0.25, -0.2) is 4.98 Å². The maximum absolute atomic E-state index is 13.4. The molecule has 0 spiro atoms. The Kier molecular flexibility index (Phi) is 5.33. The minimum atomic E-state index is -0.462. The van der Waals surface area contributed by atoms with E-state index in [0.717, 1.165) is 16.6 Å². The zero-order valence-corrected chi connectivity index (χ0v) is 18.9. The Morgan fingerprint density at radius 3 is 2.71 bits per heavy atom. The van der Waals surface area contributed by atoms with Crippen LogP contribution in [-0.2, 0) is 16.0 Å². The quantitative estimate of drug-likeness (QED) is 0.449. The molecule has 0 aliphatic carbocycles. The summed E-state index contributed by atoms with van der Waals surface area (Å²) in [7, 11) is 0. The number of aromatic amines is 1. The highest BCUT2D eigenvalue weighted by Gasteiger charge is 2.37. The Hall–Kier alpha value is -4.33. The van der Waals surface area contributed by atoms with E-state index in [4.69, 9.17) is 14.5 Å². The van der Waals surface area contributed by atoms with Gasteiger partial charge in [-0.2, -0.15) is 0 Å². The third kappa shape index (κ3) is 4.19. The number of aromatic nitrogens is 2. The summed E-state index contributed by atoms with van der Waals surface area (Å²) in [4.78, 5) is 35.9. The molecule has 176 valence electrons. The van der Waals surface area contributed by atoms with Gasteiger partial charge in [0.15, 0.2) is 11.5 Å². The number of hydrogen-bond donors (Lipinski definition) is 2. The third-order valence-corrected chi connectivity index (χ3v) is 6.50. The highest BCUT2D eigenvalue weighted by Crippen LogP contribution is 2.37. The lowest BCUT2D eigenvalue weighted by molar-refractivity contribution is -0.127. The number of para-hydroxylation sites is 2. The van der Waals surface area contributed by atoms with Crippen molar-refractivity contribution in [3.05, 3.63) is 84.2 Å². The zero-order valence-electron chi connectivity index (χ0n) is 18.9. The Balaban J connectivity index is 1.22. The number of benzene rings is 3. The molecule has 1 fully saturated rings. The van der Waals surface area contributed by atoms with Gasteiger partial charge in [-0.1, -0.05) is 42.5 Å². The van der Waals surface area contributed by atoms with Gasteiger partial charge in [0.1, 0.15) is 5.82 Å². The van der Waals surface area contributed by atoms with Crippen LogP contribution < -0.4 is 19.7 Å². The van der Waals surface area contributed by atoms with E-state index >= 15 is 0 Å². The summed E-state index contributed by atoms with van der Waals surface area (Å²) in [5.74, 6) is 1.24. The first-order valence-electron chi connectivity index (χ1n) is 11.6. The highest BCUT2D eigenvalue weighted by atomic mass is 16.7. The van der Waals surface area contributed by atoms with Crippen LogP contribution in [0.2, 0.25) is 0 Å². The average Bonchev–Trinajstić information content (AvgIpc) is 3.61. The van der Waals surface area contributed by atoms with Crippen molar-refractivity contribution in [2.24, 2.45) is 5.92 Å². The molecule has 2 aliphatic rings. The van der Waals surface area contributed by atoms with Gasteiger partial charge in [-0.05, 0) is 36.2 Å². The molecular formula is C27H24N4O4. The highest BCUT2D eigenvalue weighted by molar-refractivity contribution is 6.00. The molecule has 4 aromatic rings. The van der Waals surface area contributed by atoms with Crippen molar-refractivity contribution >= 4 is 28.5 Å². The number of ether oxygens (including phenoxy) is 2. The second kappa shape index (κ2) is 8.79. The van der Waals surface area contributed by atoms with Crippen LogP contribution in [0.15, 0.2) is 72.8 Å². The van der Waals surface area contributed by atoms with E-state index in [-0.39, 0.29) is 31.1 Å². The molecular weight excluding hydrogens is 444 g/mol. The number of carbonyl (C=O) groups is 2. The number of nitrogens with one attached hydrogen (secondary N) is 2. The van der Waals surface area contributed by atoms with Crippen molar-refractivity contribution in [1.29, 1.82) is 0 Å². The fraction of sp³-hybridized carbons (Fsp3) is 0.222. The first-order chi connectivity index (χ1) is 17.1. The number of anilines is 1. The molecule has 0 saturated carbocycles. The van der Waals surface area contributed by atoms with Crippen LogP contribution in [-0.4, -0.2) is 35.1 Å². The summed E-state index contributed by atoms with van der Waals surface area (Å²) in [5.41, 5.74) is 3.55. The molecule has 8 nitrogen and oxygen atoms in total. The molecule has 1 aromatic heterocycles. The fourth-order valence-corrected chi connectivity index (χ4v) is 4.68. The zero-order chi connectivity index (χ0) is 23.8. The average molecular weight is 469 g/mol. The van der Waals surface area contributed by atoms with Crippen LogP contribution in [0.3, 0.4) is 0 Å². The lowest BCUT2D eigenvalue weighted by Gasteiger charge is -2.20. The maximum atomic E-state index is 13.4. The SMILES string of the molecule is O=C(NC(Cc1ccccc1)c1nc2ccccc2[nH]1)C1CC(=O)N(c2ccc3c(c2)OCO3)C1. The van der Waals surface area contributed by atoms with Gasteiger partial charge < -0.3 is 24.7 Å². The number of H-pyrrole nitrogens is 1. The van der Waals surface area contributed by atoms with Crippen molar-refractivity contribution in [2.45, 2.75) is 18.9 Å². The number of carbonyl (C=O) groups excluding carboxylic acids is 2. The molecule has 1 saturated heterocycles. The molecule has 3 aromatic carbocycles. The van der Waals surface area contributed by atoms with Gasteiger partial charge >= 0.3 is 0 Å². The van der Waals surface area contributed by atoms with Crippen LogP contribution in [0.25, 0.3) is 11.0 Å². The number of imidazole rings is 1. The van der Waals surface area contributed by atoms with Crippen LogP contribution in [0.5, 0.6) is 11.5 Å².